The highest BCUT2D eigenvalue weighted by atomic mass is 32.2. The number of nitrogens with zero attached hydrogens (tertiary/aromatic N) is 2. The van der Waals surface area contributed by atoms with Gasteiger partial charge in [-0.15, -0.1) is 6.42 Å². The van der Waals surface area contributed by atoms with Crippen molar-refractivity contribution >= 4 is 44.4 Å². The third-order valence-electron chi connectivity index (χ3n) is 12.1. The van der Waals surface area contributed by atoms with Gasteiger partial charge in [-0.2, -0.15) is 0 Å². The highest BCUT2D eigenvalue weighted by Crippen LogP contribution is 2.44. The van der Waals surface area contributed by atoms with Crippen LogP contribution in [0.2, 0.25) is 36.3 Å². The van der Waals surface area contributed by atoms with Crippen molar-refractivity contribution in [1.29, 1.82) is 0 Å². The second-order valence-electron chi connectivity index (χ2n) is 22.2. The van der Waals surface area contributed by atoms with Crippen molar-refractivity contribution in [2.24, 2.45) is 0 Å². The van der Waals surface area contributed by atoms with Gasteiger partial charge in [0, 0.05) is 13.1 Å². The fraction of sp³-hybridized carbons (Fsp3) is 0.560. The van der Waals surface area contributed by atoms with Gasteiger partial charge in [-0.3, -0.25) is 15.0 Å². The number of carbonyl (C=O) groups is 2. The molecule has 0 spiro atoms. The number of para-hydroxylation sites is 1. The molecule has 0 heterocycles. The lowest BCUT2D eigenvalue weighted by atomic mass is 9.97. The summed E-state index contributed by atoms with van der Waals surface area (Å²) in [6.07, 6.45) is 4.38. The highest BCUT2D eigenvalue weighted by molar-refractivity contribution is 7.89. The number of terminal acetylenes is 1. The van der Waals surface area contributed by atoms with Crippen molar-refractivity contribution < 1.29 is 50.7 Å². The molecule has 3 aromatic carbocycles. The summed E-state index contributed by atoms with van der Waals surface area (Å²) in [7, 11) is -8.71. The lowest BCUT2D eigenvalue weighted by molar-refractivity contribution is -0.387. The van der Waals surface area contributed by atoms with Gasteiger partial charge in [0.25, 0.3) is 5.69 Å². The molecule has 3 aromatic rings. The van der Waals surface area contributed by atoms with E-state index >= 15 is 0 Å². The molecule has 15 nitrogen and oxygen atoms in total. The van der Waals surface area contributed by atoms with Crippen molar-refractivity contribution in [2.75, 3.05) is 13.7 Å². The van der Waals surface area contributed by atoms with Gasteiger partial charge in [-0.05, 0) is 114 Å². The monoisotopic (exact) mass is 997 g/mol. The molecule has 0 saturated carbocycles. The fourth-order valence-electron chi connectivity index (χ4n) is 6.07. The van der Waals surface area contributed by atoms with Gasteiger partial charge in [0.05, 0.1) is 17.6 Å². The predicted molar refractivity (Wildman–Crippen MR) is 270 cm³/mol. The summed E-state index contributed by atoms with van der Waals surface area (Å²) >= 11 is 0. The second kappa shape index (κ2) is 21.5. The van der Waals surface area contributed by atoms with Crippen LogP contribution in [-0.4, -0.2) is 89.5 Å². The summed E-state index contributed by atoms with van der Waals surface area (Å²) in [5.74, 6) is 2.12. The van der Waals surface area contributed by atoms with Crippen molar-refractivity contribution in [3.8, 4) is 23.8 Å². The number of nitro groups is 1. The zero-order valence-corrected chi connectivity index (χ0v) is 46.2. The van der Waals surface area contributed by atoms with Crippen LogP contribution in [0.1, 0.15) is 107 Å². The molecule has 0 aliphatic rings. The predicted octanol–water partition coefficient (Wildman–Crippen LogP) is 11.0. The van der Waals surface area contributed by atoms with Crippen molar-refractivity contribution in [3.63, 3.8) is 0 Å². The molecule has 376 valence electrons. The number of esters is 1. The summed E-state index contributed by atoms with van der Waals surface area (Å²) in [6, 6.07) is 16.5. The Hall–Kier alpha value is -4.78. The quantitative estimate of drug-likeness (QED) is 0.0395. The van der Waals surface area contributed by atoms with Gasteiger partial charge >= 0.3 is 12.1 Å². The number of amides is 1. The maximum absolute atomic E-state index is 14.6. The molecule has 1 amide bonds. The third-order valence-corrected chi connectivity index (χ3v) is 22.6. The lowest BCUT2D eigenvalue weighted by Crippen LogP contribution is -2.57. The number of ether oxygens (including phenoxy) is 4. The van der Waals surface area contributed by atoms with Crippen LogP contribution in [-0.2, 0) is 39.8 Å². The van der Waals surface area contributed by atoms with Crippen LogP contribution in [0, 0.1) is 22.5 Å². The van der Waals surface area contributed by atoms with E-state index in [4.69, 9.17) is 34.2 Å². The molecule has 0 bridgehead atoms. The maximum atomic E-state index is 14.6. The first-order valence-corrected chi connectivity index (χ1v) is 29.9. The van der Waals surface area contributed by atoms with Crippen molar-refractivity contribution in [2.45, 2.75) is 173 Å². The summed E-state index contributed by atoms with van der Waals surface area (Å²) in [4.78, 5) is 40.5. The molecule has 0 aliphatic heterocycles. The Morgan fingerprint density at radius 1 is 0.794 bits per heavy atom. The largest absolute Gasteiger partial charge is 0.485 e. The van der Waals surface area contributed by atoms with Gasteiger partial charge in [0.2, 0.25) is 10.0 Å². The molecule has 0 aliphatic carbocycles. The van der Waals surface area contributed by atoms with Gasteiger partial charge in [-0.1, -0.05) is 96.0 Å². The van der Waals surface area contributed by atoms with E-state index in [0.29, 0.717) is 5.56 Å². The Labute approximate surface area is 407 Å². The topological polar surface area (TPSA) is 182 Å². The van der Waals surface area contributed by atoms with Crippen LogP contribution in [0.4, 0.5) is 10.5 Å². The van der Waals surface area contributed by atoms with Gasteiger partial charge < -0.3 is 27.8 Å². The molecule has 3 rings (SSSR count). The van der Waals surface area contributed by atoms with E-state index in [1.807, 2.05) is 98.1 Å². The number of nitrogens with one attached hydrogen (secondary N) is 1. The summed E-state index contributed by atoms with van der Waals surface area (Å²) < 4.78 is 70.2. The van der Waals surface area contributed by atoms with Crippen molar-refractivity contribution in [1.82, 2.24) is 9.62 Å². The van der Waals surface area contributed by atoms with E-state index in [9.17, 15) is 28.1 Å². The third kappa shape index (κ3) is 15.4. The smallest absolute Gasteiger partial charge is 0.410 e. The minimum atomic E-state index is -4.68. The average Bonchev–Trinajstić information content (AvgIpc) is 3.19. The standard InChI is InChI=1S/C50H75N3O12SSi2/c1-20-50(14,41(34-61-67(16,17)48(8,9)10)51-66(58,59)40-29-25-24-28-37(40)53(56)57)62-39-32-36(30-31-38(39)60-33-35-26-22-21-23-27-35)43(65-68(18,19)49(11,12)13)42(44(54)63-46(2,3)4)52(15)45(55)64-47(5,6)7/h1,21-32,41-43,51H,33-34H2,2-19H3/t41-,42+,43+,50-/m1/s1. The van der Waals surface area contributed by atoms with Crippen LogP contribution in [0.15, 0.2) is 77.7 Å². The molecule has 0 radical (unpaired) electrons. The van der Waals surface area contributed by atoms with E-state index in [0.717, 1.165) is 17.7 Å². The van der Waals surface area contributed by atoms with Gasteiger partial charge in [0.15, 0.2) is 44.7 Å². The lowest BCUT2D eigenvalue weighted by Gasteiger charge is -2.43. The Kier molecular flexibility index (Phi) is 18.2. The van der Waals surface area contributed by atoms with Gasteiger partial charge in [0.1, 0.15) is 23.9 Å². The molecule has 0 unspecified atom stereocenters. The Bertz CT molecular complexity index is 2400. The summed E-state index contributed by atoms with van der Waals surface area (Å²) in [5.41, 5.74) is -3.26. The first-order valence-electron chi connectivity index (χ1n) is 22.6. The van der Waals surface area contributed by atoms with Gasteiger partial charge in [-0.25, -0.2) is 22.7 Å². The highest BCUT2D eigenvalue weighted by Gasteiger charge is 2.48. The molecule has 1 N–H and O–H groups in total. The Balaban J connectivity index is 2.44. The number of rotatable bonds is 19. The number of nitro benzene ring substituents is 1. The first kappa shape index (κ1) is 57.5. The molecule has 68 heavy (non-hydrogen) atoms. The Morgan fingerprint density at radius 2 is 1.34 bits per heavy atom. The van der Waals surface area contributed by atoms with E-state index in [2.05, 4.69) is 10.6 Å². The van der Waals surface area contributed by atoms with E-state index < -0.39 is 94.3 Å². The average molecular weight is 998 g/mol. The summed E-state index contributed by atoms with van der Waals surface area (Å²) in [5, 5.41) is 11.4. The van der Waals surface area contributed by atoms with Crippen LogP contribution in [0.25, 0.3) is 0 Å². The van der Waals surface area contributed by atoms with Crippen LogP contribution in [0.5, 0.6) is 11.5 Å². The SMILES string of the molecule is C#C[C@@](C)(Oc1cc([C@H](O[Si](C)(C)C(C)(C)C)[C@@H](C(=O)OC(C)(C)C)N(C)C(=O)OC(C)(C)C)ccc1OCc1ccccc1)[C@@H](CO[Si](C)(C)C(C)(C)C)NS(=O)(=O)c1ccccc1[N+](=O)[O-]. The molecule has 0 fully saturated rings. The van der Waals surface area contributed by atoms with E-state index in [-0.39, 0.29) is 29.8 Å². The molecule has 18 heteroatoms. The fourth-order valence-corrected chi connectivity index (χ4v) is 9.81. The number of benzene rings is 3. The van der Waals surface area contributed by atoms with Crippen molar-refractivity contribution in [3.05, 3.63) is 94.0 Å². The second-order valence-corrected chi connectivity index (χ2v) is 33.4. The maximum Gasteiger partial charge on any atom is 0.410 e. The summed E-state index contributed by atoms with van der Waals surface area (Å²) in [6.45, 7) is 31.8. The zero-order chi connectivity index (χ0) is 52.1. The normalized spacial score (nSPS) is 15.2. The van der Waals surface area contributed by atoms with Crippen LogP contribution < -0.4 is 14.2 Å². The Morgan fingerprint density at radius 3 is 1.85 bits per heavy atom. The first-order chi connectivity index (χ1) is 30.8. The number of carbonyl (C=O) groups excluding carboxylic acids is 2. The number of hydrogen-bond acceptors (Lipinski definition) is 12. The number of hydrogen-bond donors (Lipinski definition) is 1. The number of sulfonamides is 1. The van der Waals surface area contributed by atoms with E-state index in [1.54, 1.807) is 59.7 Å². The molecule has 0 aromatic heterocycles. The minimum absolute atomic E-state index is 0.0211. The minimum Gasteiger partial charge on any atom is -0.485 e. The molecule has 0 saturated heterocycles. The van der Waals surface area contributed by atoms with Crippen LogP contribution in [0.3, 0.4) is 0 Å². The number of likely N-dealkylation sites (N-methyl/N-ethyl adjacent to an activating group) is 1. The molecular weight excluding hydrogens is 923 g/mol. The van der Waals surface area contributed by atoms with Crippen LogP contribution >= 0.6 is 0 Å². The molecular formula is C50H75N3O12SSi2. The molecule has 4 atom stereocenters. The van der Waals surface area contributed by atoms with E-state index in [1.165, 1.54) is 31.0 Å². The zero-order valence-electron chi connectivity index (χ0n) is 43.4.